The number of carboxylic acid groups (broad SMARTS) is 1. The Morgan fingerprint density at radius 1 is 0.472 bits per heavy atom. The fourth-order valence-corrected chi connectivity index (χ4v) is 8.27. The number of aliphatic carboxylic acids is 1. The van der Waals surface area contributed by atoms with Gasteiger partial charge in [0.1, 0.15) is 18.3 Å². The summed E-state index contributed by atoms with van der Waals surface area (Å²) in [6.07, 6.45) is 5.03. The highest BCUT2D eigenvalue weighted by molar-refractivity contribution is 5.74. The number of esters is 3. The number of ether oxygens (including phenoxy) is 7. The molecule has 0 unspecified atom stereocenters. The number of hydrogen-bond donors (Lipinski definition) is 2. The van der Waals surface area contributed by atoms with E-state index in [9.17, 15) is 29.4 Å². The Morgan fingerprint density at radius 2 is 0.736 bits per heavy atom. The lowest BCUT2D eigenvalue weighted by molar-refractivity contribution is -0.161. The molecule has 0 aromatic rings. The molecule has 0 aromatic carbocycles. The van der Waals surface area contributed by atoms with Gasteiger partial charge in [-0.1, -0.05) is 0 Å². The maximum atomic E-state index is 13.1. The second-order valence-electron chi connectivity index (χ2n) is 16.5. The zero-order valence-electron chi connectivity index (χ0n) is 33.1. The van der Waals surface area contributed by atoms with E-state index in [1.165, 1.54) is 0 Å². The van der Waals surface area contributed by atoms with Crippen LogP contribution in [0.25, 0.3) is 0 Å². The maximum absolute atomic E-state index is 13.1. The van der Waals surface area contributed by atoms with Crippen molar-refractivity contribution in [3.8, 4) is 0 Å². The highest BCUT2D eigenvalue weighted by Gasteiger charge is 2.40. The van der Waals surface area contributed by atoms with Gasteiger partial charge in [0.2, 0.25) is 0 Å². The molecule has 16 atom stereocenters. The first-order valence-corrected chi connectivity index (χ1v) is 20.1. The van der Waals surface area contributed by atoms with Gasteiger partial charge >= 0.3 is 23.9 Å². The molecule has 0 radical (unpaired) electrons. The summed E-state index contributed by atoms with van der Waals surface area (Å²) in [6.45, 7) is 14.4. The van der Waals surface area contributed by atoms with E-state index in [-0.39, 0.29) is 85.1 Å². The van der Waals surface area contributed by atoms with Crippen molar-refractivity contribution in [2.24, 2.45) is 23.7 Å². The molecule has 4 saturated heterocycles. The zero-order valence-corrected chi connectivity index (χ0v) is 33.1. The van der Waals surface area contributed by atoms with Gasteiger partial charge in [0.15, 0.2) is 0 Å². The van der Waals surface area contributed by atoms with Gasteiger partial charge in [-0.15, -0.1) is 0 Å². The lowest BCUT2D eigenvalue weighted by atomic mass is 10.0. The molecule has 0 amide bonds. The van der Waals surface area contributed by atoms with Crippen LogP contribution in [0, 0.1) is 23.7 Å². The average molecular weight is 755 g/mol. The highest BCUT2D eigenvalue weighted by Crippen LogP contribution is 2.34. The first kappa shape index (κ1) is 43.4. The fraction of sp³-hybridized carbons (Fsp3) is 0.900. The molecular weight excluding hydrogens is 688 g/mol. The van der Waals surface area contributed by atoms with Crippen molar-refractivity contribution in [2.75, 3.05) is 0 Å². The normalized spacial score (nSPS) is 33.3. The Morgan fingerprint density at radius 3 is 1.00 bits per heavy atom. The predicted molar refractivity (Wildman–Crippen MR) is 193 cm³/mol. The highest BCUT2D eigenvalue weighted by atomic mass is 16.6. The maximum Gasteiger partial charge on any atom is 0.311 e. The van der Waals surface area contributed by atoms with Crippen LogP contribution in [0.5, 0.6) is 0 Å². The summed E-state index contributed by atoms with van der Waals surface area (Å²) in [5, 5.41) is 18.9. The van der Waals surface area contributed by atoms with Crippen molar-refractivity contribution in [1.29, 1.82) is 0 Å². The van der Waals surface area contributed by atoms with Gasteiger partial charge in [-0.05, 0) is 113 Å². The minimum Gasteiger partial charge on any atom is -0.481 e. The summed E-state index contributed by atoms with van der Waals surface area (Å²) < 4.78 is 41.7. The molecule has 13 nitrogen and oxygen atoms in total. The van der Waals surface area contributed by atoms with Crippen molar-refractivity contribution in [2.45, 2.75) is 206 Å². The SMILES string of the molecule is C[C@H](C[C@H]1CC[C@@H]([C@H](C)C(=O)O[C@@H](C)C[C@@H]2CC[C@H]([C@@H](C)C(=O)O)O2)O1)OC(=O)[C@H](C)[C@H]1CC[C@@H](C[C@H](C)OC(=O)[C@@H](C)[C@@H]2CC[C@H](C[C@@H](C)O)O2)O1. The number of carboxylic acids is 1. The van der Waals surface area contributed by atoms with E-state index in [0.717, 1.165) is 32.1 Å². The second kappa shape index (κ2) is 20.0. The summed E-state index contributed by atoms with van der Waals surface area (Å²) in [6, 6.07) is 0. The molecular formula is C40H66O13. The molecule has 13 heteroatoms. The van der Waals surface area contributed by atoms with Crippen molar-refractivity contribution >= 4 is 23.9 Å². The van der Waals surface area contributed by atoms with Gasteiger partial charge in [-0.25, -0.2) is 0 Å². The van der Waals surface area contributed by atoms with Crippen molar-refractivity contribution < 1.29 is 62.5 Å². The number of hydrogen-bond acceptors (Lipinski definition) is 12. The van der Waals surface area contributed by atoms with E-state index in [4.69, 9.17) is 33.2 Å². The molecule has 304 valence electrons. The summed E-state index contributed by atoms with van der Waals surface area (Å²) in [5.74, 6) is -3.69. The van der Waals surface area contributed by atoms with Crippen LogP contribution in [0.3, 0.4) is 0 Å². The van der Waals surface area contributed by atoms with Crippen LogP contribution in [0.2, 0.25) is 0 Å². The van der Waals surface area contributed by atoms with E-state index in [2.05, 4.69) is 0 Å². The average Bonchev–Trinajstić information content (AvgIpc) is 3.91. The minimum absolute atomic E-state index is 0.0319. The summed E-state index contributed by atoms with van der Waals surface area (Å²) in [4.78, 5) is 50.2. The quantitative estimate of drug-likeness (QED) is 0.124. The monoisotopic (exact) mass is 754 g/mol. The van der Waals surface area contributed by atoms with E-state index in [1.54, 1.807) is 13.8 Å². The standard InChI is InChI=1S/C40H66O13/c1-21(41)17-29-9-14-34(50-29)26(6)38(44)48-23(3)19-31-11-16-36(52-31)28(8)40(46)49-24(4)20-32-12-15-35(53-32)27(7)39(45)47-22(2)18-30-10-13-33(51-30)25(5)37(42)43/h21-36,41H,9-20H2,1-8H3,(H,42,43)/t21-,22+,23+,24-,25-,26+,27+,28-,29-,30+,31+,32-,33-,34+,35+,36-/m1/s1. The number of aliphatic hydroxyl groups is 1. The molecule has 0 bridgehead atoms. The van der Waals surface area contributed by atoms with Crippen LogP contribution in [-0.2, 0) is 52.3 Å². The van der Waals surface area contributed by atoms with Crippen LogP contribution in [0.15, 0.2) is 0 Å². The Kier molecular flexibility index (Phi) is 16.4. The van der Waals surface area contributed by atoms with E-state index < -0.39 is 35.7 Å². The number of carbonyl (C=O) groups is 4. The Hall–Kier alpha value is -2.32. The van der Waals surface area contributed by atoms with Crippen molar-refractivity contribution in [3.05, 3.63) is 0 Å². The molecule has 0 saturated carbocycles. The molecule has 0 aliphatic carbocycles. The zero-order chi connectivity index (χ0) is 39.0. The molecule has 4 aliphatic rings. The predicted octanol–water partition coefficient (Wildman–Crippen LogP) is 5.54. The van der Waals surface area contributed by atoms with Crippen molar-refractivity contribution in [1.82, 2.24) is 0 Å². The molecule has 53 heavy (non-hydrogen) atoms. The van der Waals surface area contributed by atoms with Gasteiger partial charge in [0, 0.05) is 19.3 Å². The smallest absolute Gasteiger partial charge is 0.311 e. The van der Waals surface area contributed by atoms with Crippen LogP contribution in [0.1, 0.15) is 132 Å². The third-order valence-electron chi connectivity index (χ3n) is 11.6. The number of rotatable bonds is 19. The van der Waals surface area contributed by atoms with Crippen LogP contribution >= 0.6 is 0 Å². The number of aliphatic hydroxyl groups excluding tert-OH is 1. The first-order valence-electron chi connectivity index (χ1n) is 20.1. The molecule has 2 N–H and O–H groups in total. The lowest BCUT2D eigenvalue weighted by Crippen LogP contribution is -2.33. The molecule has 4 heterocycles. The fourth-order valence-electron chi connectivity index (χ4n) is 8.27. The van der Waals surface area contributed by atoms with Gasteiger partial charge < -0.3 is 43.4 Å². The van der Waals surface area contributed by atoms with Crippen LogP contribution in [0.4, 0.5) is 0 Å². The Labute approximate surface area is 315 Å². The second-order valence-corrected chi connectivity index (χ2v) is 16.5. The summed E-state index contributed by atoms with van der Waals surface area (Å²) >= 11 is 0. The first-order chi connectivity index (χ1) is 25.0. The topological polar surface area (TPSA) is 173 Å². The Balaban J connectivity index is 1.10. The molecule has 4 aliphatic heterocycles. The molecule has 4 fully saturated rings. The van der Waals surface area contributed by atoms with Crippen molar-refractivity contribution in [3.63, 3.8) is 0 Å². The van der Waals surface area contributed by atoms with Crippen LogP contribution < -0.4 is 0 Å². The van der Waals surface area contributed by atoms with E-state index in [1.807, 2.05) is 41.5 Å². The lowest BCUT2D eigenvalue weighted by Gasteiger charge is -2.25. The van der Waals surface area contributed by atoms with E-state index in [0.29, 0.717) is 44.9 Å². The number of carbonyl (C=O) groups excluding carboxylic acids is 3. The summed E-state index contributed by atoms with van der Waals surface area (Å²) in [5.41, 5.74) is 0. The third kappa shape index (κ3) is 12.9. The molecule has 0 spiro atoms. The van der Waals surface area contributed by atoms with Gasteiger partial charge in [-0.3, -0.25) is 19.2 Å². The molecule has 0 aromatic heterocycles. The minimum atomic E-state index is -0.872. The largest absolute Gasteiger partial charge is 0.481 e. The van der Waals surface area contributed by atoms with Gasteiger partial charge in [-0.2, -0.15) is 0 Å². The Bertz CT molecular complexity index is 1210. The molecule has 4 rings (SSSR count). The summed E-state index contributed by atoms with van der Waals surface area (Å²) in [7, 11) is 0. The third-order valence-corrected chi connectivity index (χ3v) is 11.6. The van der Waals surface area contributed by atoms with Gasteiger partial charge in [0.05, 0.1) is 78.6 Å². The van der Waals surface area contributed by atoms with Gasteiger partial charge in [0.25, 0.3) is 0 Å². The van der Waals surface area contributed by atoms with Crippen LogP contribution in [-0.4, -0.2) is 107 Å². The van der Waals surface area contributed by atoms with E-state index >= 15 is 0 Å².